The number of nitrogens with one attached hydrogen (secondary N) is 1. The van der Waals surface area contributed by atoms with E-state index in [9.17, 15) is 0 Å². The third-order valence-corrected chi connectivity index (χ3v) is 4.52. The molecule has 1 atom stereocenters. The van der Waals surface area contributed by atoms with Gasteiger partial charge in [0.25, 0.3) is 0 Å². The van der Waals surface area contributed by atoms with E-state index in [0.29, 0.717) is 6.04 Å². The highest BCUT2D eigenvalue weighted by Crippen LogP contribution is 2.26. The van der Waals surface area contributed by atoms with Gasteiger partial charge >= 0.3 is 0 Å². The van der Waals surface area contributed by atoms with Gasteiger partial charge in [-0.05, 0) is 37.2 Å². The van der Waals surface area contributed by atoms with Gasteiger partial charge in [0, 0.05) is 6.04 Å². The molecule has 0 aliphatic heterocycles. The van der Waals surface area contributed by atoms with Crippen molar-refractivity contribution in [1.82, 2.24) is 5.43 Å². The van der Waals surface area contributed by atoms with Gasteiger partial charge in [-0.15, -0.1) is 0 Å². The van der Waals surface area contributed by atoms with Gasteiger partial charge in [-0.25, -0.2) is 0 Å². The standard InChI is InChI=1S/C17H28N2/c18-19-17(14-13-15-9-5-4-6-10-15)16-11-7-2-1-3-8-12-16/h4-6,9-10,16-17,19H,1-3,7-8,11-14,18H2. The Labute approximate surface area is 117 Å². The number of hydrazine groups is 1. The first-order valence-corrected chi connectivity index (χ1v) is 7.90. The summed E-state index contributed by atoms with van der Waals surface area (Å²) in [7, 11) is 0. The average molecular weight is 260 g/mol. The summed E-state index contributed by atoms with van der Waals surface area (Å²) in [5, 5.41) is 0. The summed E-state index contributed by atoms with van der Waals surface area (Å²) >= 11 is 0. The minimum atomic E-state index is 0.485. The third-order valence-electron chi connectivity index (χ3n) is 4.52. The maximum atomic E-state index is 5.81. The number of nitrogens with two attached hydrogens (primary N) is 1. The third kappa shape index (κ3) is 4.96. The van der Waals surface area contributed by atoms with Crippen LogP contribution in [0.2, 0.25) is 0 Å². The lowest BCUT2D eigenvalue weighted by Gasteiger charge is -2.28. The molecule has 2 nitrogen and oxygen atoms in total. The van der Waals surface area contributed by atoms with Crippen LogP contribution in [0.15, 0.2) is 30.3 Å². The molecule has 0 amide bonds. The molecular weight excluding hydrogens is 232 g/mol. The maximum Gasteiger partial charge on any atom is 0.0241 e. The molecule has 1 aliphatic rings. The first kappa shape index (κ1) is 14.5. The SMILES string of the molecule is NNC(CCc1ccccc1)C1CCCCCCC1. The van der Waals surface area contributed by atoms with Gasteiger partial charge in [-0.1, -0.05) is 62.4 Å². The summed E-state index contributed by atoms with van der Waals surface area (Å²) in [6.45, 7) is 0. The molecule has 0 spiro atoms. The van der Waals surface area contributed by atoms with E-state index in [2.05, 4.69) is 35.8 Å². The molecule has 0 heterocycles. The van der Waals surface area contributed by atoms with Crippen LogP contribution in [0.25, 0.3) is 0 Å². The Bertz CT molecular complexity index is 328. The van der Waals surface area contributed by atoms with Crippen LogP contribution in [0.4, 0.5) is 0 Å². The van der Waals surface area contributed by atoms with Crippen LogP contribution in [0, 0.1) is 5.92 Å². The molecule has 2 heteroatoms. The zero-order valence-corrected chi connectivity index (χ0v) is 12.0. The van der Waals surface area contributed by atoms with E-state index in [1.54, 1.807) is 0 Å². The average Bonchev–Trinajstić information content (AvgIpc) is 2.42. The number of aryl methyl sites for hydroxylation is 1. The molecule has 0 bridgehead atoms. The molecule has 3 N–H and O–H groups in total. The van der Waals surface area contributed by atoms with E-state index < -0.39 is 0 Å². The monoisotopic (exact) mass is 260 g/mol. The van der Waals surface area contributed by atoms with Crippen LogP contribution in [0.3, 0.4) is 0 Å². The second kappa shape index (κ2) is 8.34. The van der Waals surface area contributed by atoms with Crippen LogP contribution < -0.4 is 11.3 Å². The smallest absolute Gasteiger partial charge is 0.0241 e. The van der Waals surface area contributed by atoms with Crippen LogP contribution in [0.1, 0.15) is 56.9 Å². The Balaban J connectivity index is 1.84. The number of hydrogen-bond donors (Lipinski definition) is 2. The molecule has 0 saturated heterocycles. The molecule has 1 aromatic carbocycles. The number of hydrogen-bond acceptors (Lipinski definition) is 2. The van der Waals surface area contributed by atoms with Gasteiger partial charge in [0.1, 0.15) is 0 Å². The second-order valence-corrected chi connectivity index (χ2v) is 5.90. The molecular formula is C17H28N2. The lowest BCUT2D eigenvalue weighted by Crippen LogP contribution is -2.41. The van der Waals surface area contributed by atoms with E-state index in [0.717, 1.165) is 18.8 Å². The second-order valence-electron chi connectivity index (χ2n) is 5.90. The van der Waals surface area contributed by atoms with Crippen molar-refractivity contribution in [2.75, 3.05) is 0 Å². The molecule has 106 valence electrons. The first-order chi connectivity index (χ1) is 9.40. The summed E-state index contributed by atoms with van der Waals surface area (Å²) in [4.78, 5) is 0. The van der Waals surface area contributed by atoms with Crippen LogP contribution in [-0.2, 0) is 6.42 Å². The van der Waals surface area contributed by atoms with E-state index in [-0.39, 0.29) is 0 Å². The maximum absolute atomic E-state index is 5.81. The minimum Gasteiger partial charge on any atom is -0.271 e. The number of benzene rings is 1. The summed E-state index contributed by atoms with van der Waals surface area (Å²) in [5.41, 5.74) is 4.51. The fourth-order valence-electron chi connectivity index (χ4n) is 3.31. The molecule has 1 aliphatic carbocycles. The van der Waals surface area contributed by atoms with Crippen LogP contribution in [-0.4, -0.2) is 6.04 Å². The normalized spacial score (nSPS) is 19.6. The van der Waals surface area contributed by atoms with Gasteiger partial charge in [0.2, 0.25) is 0 Å². The van der Waals surface area contributed by atoms with Crippen molar-refractivity contribution in [2.45, 2.75) is 63.8 Å². The molecule has 1 saturated carbocycles. The molecule has 1 fully saturated rings. The predicted octanol–water partition coefficient (Wildman–Crippen LogP) is 3.81. The van der Waals surface area contributed by atoms with Crippen molar-refractivity contribution in [3.05, 3.63) is 35.9 Å². The van der Waals surface area contributed by atoms with Crippen molar-refractivity contribution in [3.8, 4) is 0 Å². The summed E-state index contributed by atoms with van der Waals surface area (Å²) in [6, 6.07) is 11.2. The van der Waals surface area contributed by atoms with E-state index in [4.69, 9.17) is 5.84 Å². The Hall–Kier alpha value is -0.860. The lowest BCUT2D eigenvalue weighted by molar-refractivity contribution is 0.275. The van der Waals surface area contributed by atoms with Crippen molar-refractivity contribution < 1.29 is 0 Å². The van der Waals surface area contributed by atoms with E-state index >= 15 is 0 Å². The topological polar surface area (TPSA) is 38.0 Å². The Morgan fingerprint density at radius 3 is 2.26 bits per heavy atom. The summed E-state index contributed by atoms with van der Waals surface area (Å²) in [6.07, 6.45) is 12.0. The van der Waals surface area contributed by atoms with Gasteiger partial charge < -0.3 is 0 Å². The fraction of sp³-hybridized carbons (Fsp3) is 0.647. The van der Waals surface area contributed by atoms with E-state index in [1.807, 2.05) is 0 Å². The highest BCUT2D eigenvalue weighted by atomic mass is 15.2. The van der Waals surface area contributed by atoms with E-state index in [1.165, 1.54) is 50.5 Å². The van der Waals surface area contributed by atoms with Gasteiger partial charge in [-0.3, -0.25) is 11.3 Å². The van der Waals surface area contributed by atoms with Crippen LogP contribution in [0.5, 0.6) is 0 Å². The minimum absolute atomic E-state index is 0.485. The fourth-order valence-corrected chi connectivity index (χ4v) is 3.31. The van der Waals surface area contributed by atoms with Crippen molar-refractivity contribution in [3.63, 3.8) is 0 Å². The van der Waals surface area contributed by atoms with Crippen molar-refractivity contribution in [1.29, 1.82) is 0 Å². The molecule has 0 radical (unpaired) electrons. The molecule has 2 rings (SSSR count). The summed E-state index contributed by atoms with van der Waals surface area (Å²) < 4.78 is 0. The van der Waals surface area contributed by atoms with Gasteiger partial charge in [0.05, 0.1) is 0 Å². The molecule has 0 aromatic heterocycles. The molecule has 19 heavy (non-hydrogen) atoms. The zero-order valence-electron chi connectivity index (χ0n) is 12.0. The molecule has 1 aromatic rings. The number of rotatable bonds is 5. The Morgan fingerprint density at radius 1 is 1.00 bits per heavy atom. The highest BCUT2D eigenvalue weighted by Gasteiger charge is 2.20. The lowest BCUT2D eigenvalue weighted by atomic mass is 9.84. The van der Waals surface area contributed by atoms with Crippen molar-refractivity contribution in [2.24, 2.45) is 11.8 Å². The molecule has 1 unspecified atom stereocenters. The quantitative estimate of drug-likeness (QED) is 0.624. The predicted molar refractivity (Wildman–Crippen MR) is 81.7 cm³/mol. The first-order valence-electron chi connectivity index (χ1n) is 7.90. The van der Waals surface area contributed by atoms with Gasteiger partial charge in [0.15, 0.2) is 0 Å². The van der Waals surface area contributed by atoms with Gasteiger partial charge in [-0.2, -0.15) is 0 Å². The largest absolute Gasteiger partial charge is 0.271 e. The van der Waals surface area contributed by atoms with Crippen molar-refractivity contribution >= 4 is 0 Å². The zero-order chi connectivity index (χ0) is 13.3. The Morgan fingerprint density at radius 2 is 1.63 bits per heavy atom. The van der Waals surface area contributed by atoms with Crippen LogP contribution >= 0.6 is 0 Å². The summed E-state index contributed by atoms with van der Waals surface area (Å²) in [5.74, 6) is 6.58. The highest BCUT2D eigenvalue weighted by molar-refractivity contribution is 5.14. The Kier molecular flexibility index (Phi) is 6.38.